The first-order chi connectivity index (χ1) is 8.10. The lowest BCUT2D eigenvalue weighted by Crippen LogP contribution is -2.09. The number of thiazole rings is 1. The molecule has 2 aromatic rings. The number of rotatable bonds is 3. The predicted octanol–water partition coefficient (Wildman–Crippen LogP) is 2.70. The third-order valence-corrected chi connectivity index (χ3v) is 3.42. The molecule has 1 heterocycles. The van der Waals surface area contributed by atoms with Gasteiger partial charge in [-0.3, -0.25) is 9.59 Å². The number of hydrogen-bond acceptors (Lipinski definition) is 5. The average molecular weight is 270 g/mol. The monoisotopic (exact) mass is 269 g/mol. The van der Waals surface area contributed by atoms with E-state index in [0.717, 1.165) is 4.70 Å². The van der Waals surface area contributed by atoms with Gasteiger partial charge in [-0.25, -0.2) is 4.98 Å². The molecule has 0 bridgehead atoms. The zero-order valence-corrected chi connectivity index (χ0v) is 10.5. The van der Waals surface area contributed by atoms with E-state index in [4.69, 9.17) is 11.6 Å². The van der Waals surface area contributed by atoms with Crippen LogP contribution in [0, 0.1) is 0 Å². The van der Waals surface area contributed by atoms with Gasteiger partial charge in [0.25, 0.3) is 0 Å². The van der Waals surface area contributed by atoms with Gasteiger partial charge in [0, 0.05) is 5.02 Å². The molecule has 0 aliphatic carbocycles. The number of fused-ring (bicyclic) bond motifs is 1. The quantitative estimate of drug-likeness (QED) is 0.488. The molecule has 0 radical (unpaired) electrons. The largest absolute Gasteiger partial charge is 0.469 e. The summed E-state index contributed by atoms with van der Waals surface area (Å²) in [4.78, 5) is 26.8. The molecule has 0 unspecified atom stereocenters. The molecule has 2 rings (SSSR count). The van der Waals surface area contributed by atoms with Gasteiger partial charge in [-0.15, -0.1) is 11.3 Å². The van der Waals surface area contributed by atoms with Crippen LogP contribution in [-0.4, -0.2) is 23.8 Å². The number of esters is 1. The van der Waals surface area contributed by atoms with Crippen LogP contribution in [0.2, 0.25) is 5.02 Å². The summed E-state index contributed by atoms with van der Waals surface area (Å²) in [7, 11) is 1.24. The lowest BCUT2D eigenvalue weighted by molar-refractivity contribution is -0.139. The second-order valence-electron chi connectivity index (χ2n) is 3.31. The van der Waals surface area contributed by atoms with E-state index in [1.165, 1.54) is 18.4 Å². The Morgan fingerprint density at radius 2 is 2.24 bits per heavy atom. The van der Waals surface area contributed by atoms with Crippen molar-refractivity contribution in [3.8, 4) is 0 Å². The number of carbonyl (C=O) groups excluding carboxylic acids is 2. The van der Waals surface area contributed by atoms with E-state index < -0.39 is 5.97 Å². The van der Waals surface area contributed by atoms with Gasteiger partial charge in [-0.05, 0) is 18.2 Å². The molecule has 0 aliphatic rings. The maximum Gasteiger partial charge on any atom is 0.313 e. The Morgan fingerprint density at radius 3 is 2.94 bits per heavy atom. The molecule has 0 N–H and O–H groups in total. The number of hydrogen-bond donors (Lipinski definition) is 0. The lowest BCUT2D eigenvalue weighted by atomic mass is 10.3. The van der Waals surface area contributed by atoms with Crippen molar-refractivity contribution in [2.24, 2.45) is 0 Å². The van der Waals surface area contributed by atoms with E-state index in [0.29, 0.717) is 15.5 Å². The zero-order valence-electron chi connectivity index (χ0n) is 8.90. The molecule has 17 heavy (non-hydrogen) atoms. The van der Waals surface area contributed by atoms with E-state index in [1.54, 1.807) is 18.2 Å². The van der Waals surface area contributed by atoms with Crippen molar-refractivity contribution in [1.29, 1.82) is 0 Å². The fraction of sp³-hybridized carbons (Fsp3) is 0.182. The molecular formula is C11H8ClNO3S. The summed E-state index contributed by atoms with van der Waals surface area (Å²) >= 11 is 7.05. The minimum absolute atomic E-state index is 0.288. The molecule has 0 fully saturated rings. The fourth-order valence-electron chi connectivity index (χ4n) is 1.30. The van der Waals surface area contributed by atoms with E-state index >= 15 is 0 Å². The number of methoxy groups -OCH3 is 1. The summed E-state index contributed by atoms with van der Waals surface area (Å²) in [6.07, 6.45) is -0.288. The molecule has 88 valence electrons. The van der Waals surface area contributed by atoms with E-state index in [9.17, 15) is 9.59 Å². The van der Waals surface area contributed by atoms with E-state index in [-0.39, 0.29) is 12.2 Å². The van der Waals surface area contributed by atoms with Crippen LogP contribution in [-0.2, 0) is 9.53 Å². The van der Waals surface area contributed by atoms with Crippen molar-refractivity contribution in [1.82, 2.24) is 4.98 Å². The first-order valence-electron chi connectivity index (χ1n) is 4.76. The van der Waals surface area contributed by atoms with Gasteiger partial charge in [0.05, 0.1) is 17.3 Å². The number of ketones is 1. The van der Waals surface area contributed by atoms with Crippen LogP contribution in [0.1, 0.15) is 16.2 Å². The molecule has 0 atom stereocenters. The first kappa shape index (κ1) is 12.0. The summed E-state index contributed by atoms with van der Waals surface area (Å²) < 4.78 is 5.26. The van der Waals surface area contributed by atoms with Crippen LogP contribution in [0.5, 0.6) is 0 Å². The Labute approximate surface area is 106 Å². The highest BCUT2D eigenvalue weighted by molar-refractivity contribution is 7.20. The first-order valence-corrected chi connectivity index (χ1v) is 5.95. The number of benzene rings is 1. The molecule has 1 aromatic carbocycles. The normalized spacial score (nSPS) is 10.5. The summed E-state index contributed by atoms with van der Waals surface area (Å²) in [6.45, 7) is 0. The highest BCUT2D eigenvalue weighted by Gasteiger charge is 2.16. The number of aromatic nitrogens is 1. The van der Waals surface area contributed by atoms with Crippen molar-refractivity contribution >= 4 is 44.9 Å². The number of nitrogens with zero attached hydrogens (tertiary/aromatic N) is 1. The standard InChI is InChI=1S/C11H8ClNO3S/c1-16-10(15)5-8(14)11-13-7-3-2-6(12)4-9(7)17-11/h2-4H,5H2,1H3. The molecular weight excluding hydrogens is 262 g/mol. The van der Waals surface area contributed by atoms with Crippen LogP contribution in [0.4, 0.5) is 0 Å². The van der Waals surface area contributed by atoms with Gasteiger partial charge in [-0.1, -0.05) is 11.6 Å². The molecule has 1 aromatic heterocycles. The van der Waals surface area contributed by atoms with Crippen LogP contribution in [0.3, 0.4) is 0 Å². The SMILES string of the molecule is COC(=O)CC(=O)c1nc2ccc(Cl)cc2s1. The molecule has 0 spiro atoms. The molecule has 0 amide bonds. The number of carbonyl (C=O) groups is 2. The Balaban J connectivity index is 2.30. The van der Waals surface area contributed by atoms with Gasteiger partial charge in [-0.2, -0.15) is 0 Å². The minimum atomic E-state index is -0.563. The smallest absolute Gasteiger partial charge is 0.313 e. The fourth-order valence-corrected chi connectivity index (χ4v) is 2.48. The molecule has 0 saturated carbocycles. The number of halogens is 1. The topological polar surface area (TPSA) is 56.3 Å². The Hall–Kier alpha value is -1.46. The van der Waals surface area contributed by atoms with Crippen molar-refractivity contribution < 1.29 is 14.3 Å². The molecule has 6 heteroatoms. The van der Waals surface area contributed by atoms with Gasteiger partial charge in [0.2, 0.25) is 5.78 Å². The Morgan fingerprint density at radius 1 is 1.47 bits per heavy atom. The third kappa shape index (κ3) is 2.62. The number of ether oxygens (including phenoxy) is 1. The van der Waals surface area contributed by atoms with Crippen LogP contribution < -0.4 is 0 Å². The summed E-state index contributed by atoms with van der Waals surface area (Å²) in [5.74, 6) is -0.901. The Bertz CT molecular complexity index is 593. The highest BCUT2D eigenvalue weighted by Crippen LogP contribution is 2.25. The van der Waals surface area contributed by atoms with Gasteiger partial charge in [0.15, 0.2) is 5.01 Å². The van der Waals surface area contributed by atoms with Crippen LogP contribution >= 0.6 is 22.9 Å². The second-order valence-corrected chi connectivity index (χ2v) is 4.77. The van der Waals surface area contributed by atoms with E-state index in [2.05, 4.69) is 9.72 Å². The van der Waals surface area contributed by atoms with Crippen LogP contribution in [0.15, 0.2) is 18.2 Å². The van der Waals surface area contributed by atoms with Gasteiger partial charge in [0.1, 0.15) is 6.42 Å². The van der Waals surface area contributed by atoms with Crippen molar-refractivity contribution in [2.75, 3.05) is 7.11 Å². The van der Waals surface area contributed by atoms with Crippen molar-refractivity contribution in [2.45, 2.75) is 6.42 Å². The summed E-state index contributed by atoms with van der Waals surface area (Å²) in [5, 5.41) is 0.890. The maximum absolute atomic E-state index is 11.7. The molecule has 4 nitrogen and oxygen atoms in total. The Kier molecular flexibility index (Phi) is 3.40. The van der Waals surface area contributed by atoms with Crippen molar-refractivity contribution in [3.05, 3.63) is 28.2 Å². The van der Waals surface area contributed by atoms with Crippen molar-refractivity contribution in [3.63, 3.8) is 0 Å². The average Bonchev–Trinajstić information content (AvgIpc) is 2.71. The van der Waals surface area contributed by atoms with Crippen LogP contribution in [0.25, 0.3) is 10.2 Å². The third-order valence-electron chi connectivity index (χ3n) is 2.12. The summed E-state index contributed by atoms with van der Waals surface area (Å²) in [5.41, 5.74) is 0.701. The predicted molar refractivity (Wildman–Crippen MR) is 65.6 cm³/mol. The van der Waals surface area contributed by atoms with E-state index in [1.807, 2.05) is 0 Å². The summed E-state index contributed by atoms with van der Waals surface area (Å²) in [6, 6.07) is 5.19. The minimum Gasteiger partial charge on any atom is -0.469 e. The molecule has 0 saturated heterocycles. The maximum atomic E-state index is 11.7. The number of Topliss-reactive ketones (excluding diaryl/α,β-unsaturated/α-hetero) is 1. The zero-order chi connectivity index (χ0) is 12.4. The molecule has 0 aliphatic heterocycles. The van der Waals surface area contributed by atoms with Gasteiger partial charge >= 0.3 is 5.97 Å². The highest BCUT2D eigenvalue weighted by atomic mass is 35.5. The lowest BCUT2D eigenvalue weighted by Gasteiger charge is -1.94. The van der Waals surface area contributed by atoms with Gasteiger partial charge < -0.3 is 4.74 Å². The second kappa shape index (κ2) is 4.81.